The molecule has 18 heavy (non-hydrogen) atoms. The van der Waals surface area contributed by atoms with Crippen LogP contribution < -0.4 is 5.32 Å². The number of hydrogen-bond donors (Lipinski definition) is 1. The Bertz CT molecular complexity index is 380. The van der Waals surface area contributed by atoms with E-state index in [0.717, 1.165) is 12.5 Å². The molecule has 0 amide bonds. The molecule has 1 fully saturated rings. The summed E-state index contributed by atoms with van der Waals surface area (Å²) in [7, 11) is 0. The molecule has 0 bridgehead atoms. The van der Waals surface area contributed by atoms with Gasteiger partial charge in [0.05, 0.1) is 0 Å². The lowest BCUT2D eigenvalue weighted by Crippen LogP contribution is -2.38. The highest BCUT2D eigenvalue weighted by Crippen LogP contribution is 2.47. The molecule has 0 aromatic carbocycles. The predicted molar refractivity (Wildman–Crippen MR) is 81.2 cm³/mol. The van der Waals surface area contributed by atoms with Crippen molar-refractivity contribution < 1.29 is 0 Å². The van der Waals surface area contributed by atoms with Crippen LogP contribution in [-0.4, -0.2) is 6.54 Å². The maximum absolute atomic E-state index is 3.74. The molecular weight excluding hydrogens is 238 g/mol. The van der Waals surface area contributed by atoms with Crippen molar-refractivity contribution in [3.8, 4) is 0 Å². The van der Waals surface area contributed by atoms with Crippen LogP contribution in [0.15, 0.2) is 11.4 Å². The van der Waals surface area contributed by atoms with E-state index in [1.165, 1.54) is 36.1 Å². The summed E-state index contributed by atoms with van der Waals surface area (Å²) in [5.74, 6) is 0.778. The third-order valence-corrected chi connectivity index (χ3v) is 5.41. The summed E-state index contributed by atoms with van der Waals surface area (Å²) >= 11 is 1.88. The zero-order valence-electron chi connectivity index (χ0n) is 12.3. The van der Waals surface area contributed by atoms with Gasteiger partial charge in [-0.2, -0.15) is 0 Å². The molecule has 102 valence electrons. The largest absolute Gasteiger partial charge is 0.310 e. The second-order valence-electron chi connectivity index (χ2n) is 6.37. The van der Waals surface area contributed by atoms with Crippen molar-refractivity contribution in [2.24, 2.45) is 11.3 Å². The van der Waals surface area contributed by atoms with Gasteiger partial charge < -0.3 is 5.32 Å². The molecule has 2 rings (SSSR count). The molecule has 0 spiro atoms. The summed E-state index contributed by atoms with van der Waals surface area (Å²) in [6.45, 7) is 10.4. The monoisotopic (exact) mass is 265 g/mol. The van der Waals surface area contributed by atoms with E-state index in [4.69, 9.17) is 0 Å². The molecular formula is C16H27NS. The van der Waals surface area contributed by atoms with Crippen LogP contribution in [-0.2, 0) is 0 Å². The SMILES string of the molecule is CCNC(c1csc(C)c1)C1CCCCC1(C)C. The number of rotatable bonds is 4. The Morgan fingerprint density at radius 3 is 2.78 bits per heavy atom. The Morgan fingerprint density at radius 2 is 2.22 bits per heavy atom. The second kappa shape index (κ2) is 5.75. The van der Waals surface area contributed by atoms with Crippen LogP contribution in [0.3, 0.4) is 0 Å². The van der Waals surface area contributed by atoms with Crippen LogP contribution in [0.1, 0.15) is 62.9 Å². The minimum absolute atomic E-state index is 0.473. The fraction of sp³-hybridized carbons (Fsp3) is 0.750. The van der Waals surface area contributed by atoms with Gasteiger partial charge in [0.25, 0.3) is 0 Å². The van der Waals surface area contributed by atoms with Crippen molar-refractivity contribution in [1.82, 2.24) is 5.32 Å². The zero-order valence-corrected chi connectivity index (χ0v) is 13.1. The Kier molecular flexibility index (Phi) is 4.50. The lowest BCUT2D eigenvalue weighted by Gasteiger charge is -2.43. The van der Waals surface area contributed by atoms with Gasteiger partial charge in [0.1, 0.15) is 0 Å². The van der Waals surface area contributed by atoms with Crippen LogP contribution in [0.5, 0.6) is 0 Å². The first-order valence-electron chi connectivity index (χ1n) is 7.33. The second-order valence-corrected chi connectivity index (χ2v) is 7.48. The predicted octanol–water partition coefficient (Wildman–Crippen LogP) is 4.92. The van der Waals surface area contributed by atoms with Crippen LogP contribution in [0, 0.1) is 18.3 Å². The molecule has 1 aliphatic carbocycles. The fourth-order valence-corrected chi connectivity index (χ4v) is 4.22. The topological polar surface area (TPSA) is 12.0 Å². The van der Waals surface area contributed by atoms with Crippen LogP contribution in [0.4, 0.5) is 0 Å². The maximum atomic E-state index is 3.74. The van der Waals surface area contributed by atoms with Gasteiger partial charge >= 0.3 is 0 Å². The molecule has 1 saturated carbocycles. The van der Waals surface area contributed by atoms with Gasteiger partial charge in [0.15, 0.2) is 0 Å². The van der Waals surface area contributed by atoms with Crippen molar-refractivity contribution in [1.29, 1.82) is 0 Å². The fourth-order valence-electron chi connectivity index (χ4n) is 3.48. The molecule has 1 aromatic rings. The molecule has 0 aliphatic heterocycles. The molecule has 2 heteroatoms. The van der Waals surface area contributed by atoms with Gasteiger partial charge in [0.2, 0.25) is 0 Å². The third kappa shape index (κ3) is 2.97. The van der Waals surface area contributed by atoms with Crippen LogP contribution >= 0.6 is 11.3 Å². The van der Waals surface area contributed by atoms with Gasteiger partial charge in [-0.05, 0) is 54.7 Å². The highest BCUT2D eigenvalue weighted by Gasteiger charge is 2.37. The van der Waals surface area contributed by atoms with Crippen molar-refractivity contribution in [2.45, 2.75) is 59.4 Å². The van der Waals surface area contributed by atoms with Crippen molar-refractivity contribution >= 4 is 11.3 Å². The van der Waals surface area contributed by atoms with Crippen molar-refractivity contribution in [3.05, 3.63) is 21.9 Å². The standard InChI is InChI=1S/C16H27NS/c1-5-17-15(13-10-12(2)18-11-13)14-8-6-7-9-16(14,3)4/h10-11,14-15,17H,5-9H2,1-4H3. The molecule has 1 N–H and O–H groups in total. The van der Waals surface area contributed by atoms with Crippen molar-refractivity contribution in [2.75, 3.05) is 6.54 Å². The molecule has 1 aromatic heterocycles. The molecule has 1 aliphatic rings. The molecule has 0 radical (unpaired) electrons. The van der Waals surface area contributed by atoms with E-state index >= 15 is 0 Å². The molecule has 1 nitrogen and oxygen atoms in total. The number of hydrogen-bond acceptors (Lipinski definition) is 2. The lowest BCUT2D eigenvalue weighted by atomic mass is 9.65. The van der Waals surface area contributed by atoms with Gasteiger partial charge in [-0.15, -0.1) is 11.3 Å². The highest BCUT2D eigenvalue weighted by atomic mass is 32.1. The summed E-state index contributed by atoms with van der Waals surface area (Å²) in [4.78, 5) is 1.43. The molecule has 2 unspecified atom stereocenters. The molecule has 2 atom stereocenters. The molecule has 1 heterocycles. The molecule has 0 saturated heterocycles. The van der Waals surface area contributed by atoms with E-state index in [1.54, 1.807) is 0 Å². The Hall–Kier alpha value is -0.340. The highest BCUT2D eigenvalue weighted by molar-refractivity contribution is 7.10. The van der Waals surface area contributed by atoms with Gasteiger partial charge in [0, 0.05) is 10.9 Å². The normalized spacial score (nSPS) is 25.0. The Morgan fingerprint density at radius 1 is 1.44 bits per heavy atom. The first-order chi connectivity index (χ1) is 8.54. The van der Waals surface area contributed by atoms with Gasteiger partial charge in [-0.25, -0.2) is 0 Å². The first kappa shape index (κ1) is 14.1. The average molecular weight is 265 g/mol. The smallest absolute Gasteiger partial charge is 0.0362 e. The van der Waals surface area contributed by atoms with Crippen LogP contribution in [0.2, 0.25) is 0 Å². The summed E-state index contributed by atoms with van der Waals surface area (Å²) in [6, 6.07) is 2.93. The van der Waals surface area contributed by atoms with E-state index in [1.807, 2.05) is 11.3 Å². The Labute approximate surface area is 116 Å². The van der Waals surface area contributed by atoms with E-state index in [-0.39, 0.29) is 0 Å². The van der Waals surface area contributed by atoms with Gasteiger partial charge in [-0.1, -0.05) is 33.6 Å². The van der Waals surface area contributed by atoms with E-state index in [0.29, 0.717) is 11.5 Å². The van der Waals surface area contributed by atoms with Gasteiger partial charge in [-0.3, -0.25) is 0 Å². The minimum Gasteiger partial charge on any atom is -0.310 e. The third-order valence-electron chi connectivity index (χ3n) is 4.53. The zero-order chi connectivity index (χ0) is 13.2. The summed E-state index contributed by atoms with van der Waals surface area (Å²) in [5.41, 5.74) is 1.99. The average Bonchev–Trinajstić information content (AvgIpc) is 2.73. The number of nitrogens with one attached hydrogen (secondary N) is 1. The number of thiophene rings is 1. The van der Waals surface area contributed by atoms with E-state index < -0.39 is 0 Å². The van der Waals surface area contributed by atoms with Crippen molar-refractivity contribution in [3.63, 3.8) is 0 Å². The Balaban J connectivity index is 2.23. The number of aryl methyl sites for hydroxylation is 1. The summed E-state index contributed by atoms with van der Waals surface area (Å²) in [6.07, 6.45) is 5.56. The maximum Gasteiger partial charge on any atom is 0.0362 e. The lowest BCUT2D eigenvalue weighted by molar-refractivity contribution is 0.0990. The van der Waals surface area contributed by atoms with Crippen LogP contribution in [0.25, 0.3) is 0 Å². The van der Waals surface area contributed by atoms with E-state index in [9.17, 15) is 0 Å². The minimum atomic E-state index is 0.473. The summed E-state index contributed by atoms with van der Waals surface area (Å²) in [5, 5.41) is 6.10. The first-order valence-corrected chi connectivity index (χ1v) is 8.21. The summed E-state index contributed by atoms with van der Waals surface area (Å²) < 4.78 is 0. The quantitative estimate of drug-likeness (QED) is 0.814. The van der Waals surface area contributed by atoms with E-state index in [2.05, 4.69) is 44.5 Å².